The standard InChI is InChI=1S/C27H23P.ClH/c1-5-13-22(14-6-1)21-28-27(25-19-11-4-12-20-25)26(23-15-7-2-8-16-23)24-17-9-3-10-18-24;/h1-20,28H,21H2;1H. The van der Waals surface area contributed by atoms with Gasteiger partial charge in [-0.05, 0) is 39.3 Å². The van der Waals surface area contributed by atoms with Crippen LogP contribution in [0.4, 0.5) is 0 Å². The van der Waals surface area contributed by atoms with Crippen LogP contribution in [0.15, 0.2) is 121 Å². The highest BCUT2D eigenvalue weighted by Crippen LogP contribution is 2.44. The van der Waals surface area contributed by atoms with Crippen molar-refractivity contribution in [3.8, 4) is 0 Å². The van der Waals surface area contributed by atoms with Crippen molar-refractivity contribution in [3.63, 3.8) is 0 Å². The summed E-state index contributed by atoms with van der Waals surface area (Å²) in [5.74, 6) is 0. The zero-order valence-electron chi connectivity index (χ0n) is 16.2. The van der Waals surface area contributed by atoms with Crippen LogP contribution >= 0.6 is 21.0 Å². The molecule has 0 heterocycles. The maximum atomic E-state index is 2.24. The van der Waals surface area contributed by atoms with Gasteiger partial charge < -0.3 is 0 Å². The topological polar surface area (TPSA) is 0 Å². The van der Waals surface area contributed by atoms with Crippen LogP contribution in [0.25, 0.3) is 10.9 Å². The van der Waals surface area contributed by atoms with Gasteiger partial charge in [-0.1, -0.05) is 130 Å². The Bertz CT molecular complexity index is 985. The third-order valence-electron chi connectivity index (χ3n) is 4.75. The Balaban J connectivity index is 0.00000240. The number of halogens is 1. The van der Waals surface area contributed by atoms with Gasteiger partial charge in [0.25, 0.3) is 0 Å². The Morgan fingerprint density at radius 3 is 1.31 bits per heavy atom. The Kier molecular flexibility index (Phi) is 7.82. The van der Waals surface area contributed by atoms with Crippen LogP contribution in [0.5, 0.6) is 0 Å². The summed E-state index contributed by atoms with van der Waals surface area (Å²) >= 11 is 0. The number of rotatable bonds is 6. The minimum atomic E-state index is 0. The summed E-state index contributed by atoms with van der Waals surface area (Å²) in [5, 5.41) is 1.42. The van der Waals surface area contributed by atoms with E-state index in [9.17, 15) is 0 Å². The van der Waals surface area contributed by atoms with E-state index >= 15 is 0 Å². The Morgan fingerprint density at radius 1 is 0.483 bits per heavy atom. The molecule has 0 spiro atoms. The molecule has 1 unspecified atom stereocenters. The third-order valence-corrected chi connectivity index (χ3v) is 6.23. The molecule has 1 atom stereocenters. The number of benzene rings is 4. The van der Waals surface area contributed by atoms with E-state index < -0.39 is 0 Å². The molecular formula is C27H24ClP. The molecule has 0 aliphatic carbocycles. The summed E-state index contributed by atoms with van der Waals surface area (Å²) in [6, 6.07) is 43.2. The molecule has 144 valence electrons. The molecule has 4 aromatic rings. The predicted octanol–water partition coefficient (Wildman–Crippen LogP) is 7.90. The van der Waals surface area contributed by atoms with E-state index in [1.165, 1.54) is 33.1 Å². The van der Waals surface area contributed by atoms with E-state index in [0.717, 1.165) is 6.16 Å². The summed E-state index contributed by atoms with van der Waals surface area (Å²) in [6.07, 6.45) is 1.05. The molecule has 0 aliphatic heterocycles. The first kappa shape index (κ1) is 21.1. The molecule has 0 aliphatic rings. The predicted molar refractivity (Wildman–Crippen MR) is 131 cm³/mol. The quantitative estimate of drug-likeness (QED) is 0.222. The van der Waals surface area contributed by atoms with Crippen LogP contribution in [0.2, 0.25) is 0 Å². The molecule has 0 bridgehead atoms. The van der Waals surface area contributed by atoms with Gasteiger partial charge >= 0.3 is 0 Å². The largest absolute Gasteiger partial charge is 0.147 e. The fraction of sp³-hybridized carbons (Fsp3) is 0.0370. The lowest BCUT2D eigenvalue weighted by atomic mass is 9.95. The molecule has 29 heavy (non-hydrogen) atoms. The summed E-state index contributed by atoms with van der Waals surface area (Å²) < 4.78 is 0. The van der Waals surface area contributed by atoms with Crippen molar-refractivity contribution in [2.45, 2.75) is 6.16 Å². The van der Waals surface area contributed by atoms with Crippen molar-refractivity contribution in [2.24, 2.45) is 0 Å². The van der Waals surface area contributed by atoms with Gasteiger partial charge in [0.15, 0.2) is 0 Å². The van der Waals surface area contributed by atoms with E-state index in [1.54, 1.807) is 0 Å². The molecule has 0 amide bonds. The minimum Gasteiger partial charge on any atom is -0.147 e. The lowest BCUT2D eigenvalue weighted by Gasteiger charge is -2.17. The molecule has 0 fully saturated rings. The molecule has 0 nitrogen and oxygen atoms in total. The second-order valence-electron chi connectivity index (χ2n) is 6.69. The smallest absolute Gasteiger partial charge is 0.00309 e. The zero-order chi connectivity index (χ0) is 19.0. The van der Waals surface area contributed by atoms with Crippen molar-refractivity contribution in [2.75, 3.05) is 0 Å². The van der Waals surface area contributed by atoms with Crippen molar-refractivity contribution < 1.29 is 0 Å². The van der Waals surface area contributed by atoms with Crippen LogP contribution in [0.1, 0.15) is 22.3 Å². The number of hydrogen-bond donors (Lipinski definition) is 0. The molecule has 0 N–H and O–H groups in total. The Morgan fingerprint density at radius 2 is 0.862 bits per heavy atom. The monoisotopic (exact) mass is 414 g/mol. The van der Waals surface area contributed by atoms with Gasteiger partial charge in [-0.2, -0.15) is 0 Å². The molecule has 0 saturated heterocycles. The van der Waals surface area contributed by atoms with Crippen LogP contribution in [0, 0.1) is 0 Å². The van der Waals surface area contributed by atoms with Gasteiger partial charge in [0.05, 0.1) is 0 Å². The highest BCUT2D eigenvalue weighted by molar-refractivity contribution is 7.50. The fourth-order valence-corrected chi connectivity index (χ4v) is 4.84. The summed E-state index contributed by atoms with van der Waals surface area (Å²) in [4.78, 5) is 0. The second-order valence-corrected chi connectivity index (χ2v) is 7.89. The highest BCUT2D eigenvalue weighted by atomic mass is 35.5. The van der Waals surface area contributed by atoms with E-state index in [1.807, 2.05) is 0 Å². The van der Waals surface area contributed by atoms with Crippen LogP contribution in [-0.4, -0.2) is 0 Å². The van der Waals surface area contributed by atoms with E-state index in [2.05, 4.69) is 121 Å². The zero-order valence-corrected chi connectivity index (χ0v) is 18.0. The molecule has 0 aromatic heterocycles. The number of hydrogen-bond acceptors (Lipinski definition) is 0. The van der Waals surface area contributed by atoms with Crippen molar-refractivity contribution >= 4 is 31.9 Å². The Hall–Kier alpha value is -2.66. The van der Waals surface area contributed by atoms with E-state index in [0.29, 0.717) is 8.58 Å². The first-order valence-corrected chi connectivity index (χ1v) is 10.8. The van der Waals surface area contributed by atoms with Crippen molar-refractivity contribution in [1.82, 2.24) is 0 Å². The molecular weight excluding hydrogens is 391 g/mol. The highest BCUT2D eigenvalue weighted by Gasteiger charge is 2.14. The third kappa shape index (κ3) is 5.45. The van der Waals surface area contributed by atoms with Crippen molar-refractivity contribution in [3.05, 3.63) is 144 Å². The Labute approximate surface area is 181 Å². The lowest BCUT2D eigenvalue weighted by Crippen LogP contribution is -1.93. The fourth-order valence-electron chi connectivity index (χ4n) is 3.39. The maximum Gasteiger partial charge on any atom is -0.00309 e. The SMILES string of the molecule is Cl.c1ccc(CPC(=C(c2ccccc2)c2ccccc2)c2ccccc2)cc1. The van der Waals surface area contributed by atoms with Gasteiger partial charge in [-0.25, -0.2) is 0 Å². The van der Waals surface area contributed by atoms with E-state index in [4.69, 9.17) is 0 Å². The van der Waals surface area contributed by atoms with Gasteiger partial charge in [0, 0.05) is 0 Å². The minimum absolute atomic E-state index is 0. The average Bonchev–Trinajstić information content (AvgIpc) is 2.79. The van der Waals surface area contributed by atoms with E-state index in [-0.39, 0.29) is 12.4 Å². The maximum absolute atomic E-state index is 2.24. The van der Waals surface area contributed by atoms with Gasteiger partial charge in [-0.3, -0.25) is 0 Å². The second kappa shape index (κ2) is 10.8. The summed E-state index contributed by atoms with van der Waals surface area (Å²) in [7, 11) is 0.689. The van der Waals surface area contributed by atoms with Gasteiger partial charge in [0.2, 0.25) is 0 Å². The van der Waals surface area contributed by atoms with Crippen LogP contribution in [0.3, 0.4) is 0 Å². The van der Waals surface area contributed by atoms with Crippen molar-refractivity contribution in [1.29, 1.82) is 0 Å². The summed E-state index contributed by atoms with van der Waals surface area (Å²) in [5.41, 5.74) is 6.57. The summed E-state index contributed by atoms with van der Waals surface area (Å²) in [6.45, 7) is 0. The lowest BCUT2D eigenvalue weighted by molar-refractivity contribution is 1.41. The first-order chi connectivity index (χ1) is 13.9. The normalized spacial score (nSPS) is 10.5. The average molecular weight is 415 g/mol. The molecule has 4 aromatic carbocycles. The molecule has 2 heteroatoms. The van der Waals surface area contributed by atoms with Gasteiger partial charge in [0.1, 0.15) is 0 Å². The van der Waals surface area contributed by atoms with Gasteiger partial charge in [-0.15, -0.1) is 12.4 Å². The van der Waals surface area contributed by atoms with Crippen LogP contribution in [-0.2, 0) is 6.16 Å². The first-order valence-electron chi connectivity index (χ1n) is 9.60. The molecule has 0 saturated carbocycles. The van der Waals surface area contributed by atoms with Crippen LogP contribution < -0.4 is 0 Å². The molecule has 4 rings (SSSR count). The molecule has 0 radical (unpaired) electrons.